The van der Waals surface area contributed by atoms with Crippen molar-refractivity contribution in [3.05, 3.63) is 17.8 Å². The van der Waals surface area contributed by atoms with Gasteiger partial charge in [-0.05, 0) is 26.0 Å². The Morgan fingerprint density at radius 2 is 2.00 bits per heavy atom. The Bertz CT molecular complexity index is 427. The summed E-state index contributed by atoms with van der Waals surface area (Å²) in [7, 11) is 0. The lowest BCUT2D eigenvalue weighted by Gasteiger charge is -2.27. The van der Waals surface area contributed by atoms with E-state index >= 15 is 0 Å². The number of rotatable bonds is 5. The van der Waals surface area contributed by atoms with Crippen molar-refractivity contribution in [2.75, 3.05) is 11.4 Å². The van der Waals surface area contributed by atoms with Crippen molar-refractivity contribution in [2.45, 2.75) is 32.5 Å². The Labute approximate surface area is 109 Å². The molecule has 0 saturated carbocycles. The van der Waals surface area contributed by atoms with Gasteiger partial charge in [0, 0.05) is 19.0 Å². The van der Waals surface area contributed by atoms with Gasteiger partial charge < -0.3 is 10.6 Å². The second-order valence-corrected chi connectivity index (χ2v) is 4.34. The van der Waals surface area contributed by atoms with Crippen LogP contribution >= 0.6 is 0 Å². The Morgan fingerprint density at radius 1 is 1.37 bits per heavy atom. The van der Waals surface area contributed by atoms with Crippen LogP contribution in [0.3, 0.4) is 0 Å². The Morgan fingerprint density at radius 3 is 2.37 bits per heavy atom. The molecule has 5 nitrogen and oxygen atoms in total. The lowest BCUT2D eigenvalue weighted by Crippen LogP contribution is -2.34. The van der Waals surface area contributed by atoms with Crippen LogP contribution in [0.1, 0.15) is 26.0 Å². The van der Waals surface area contributed by atoms with Crippen molar-refractivity contribution >= 4 is 11.7 Å². The number of amidine groups is 1. The molecule has 0 unspecified atom stereocenters. The van der Waals surface area contributed by atoms with E-state index in [4.69, 9.17) is 11.1 Å². The van der Waals surface area contributed by atoms with Gasteiger partial charge in [-0.3, -0.25) is 5.41 Å². The van der Waals surface area contributed by atoms with Crippen LogP contribution in [0, 0.1) is 5.41 Å². The number of nitrogens with two attached hydrogens (primary N) is 1. The molecule has 0 radical (unpaired) electrons. The Hall–Kier alpha value is -1.86. The van der Waals surface area contributed by atoms with Crippen LogP contribution in [-0.2, 0) is 6.18 Å². The molecule has 0 atom stereocenters. The number of halogens is 3. The second-order valence-electron chi connectivity index (χ2n) is 4.34. The summed E-state index contributed by atoms with van der Waals surface area (Å²) < 4.78 is 37.1. The number of nitrogens with one attached hydrogen (secondary N) is 1. The first-order valence-corrected chi connectivity index (χ1v) is 5.72. The normalized spacial score (nSPS) is 11.7. The van der Waals surface area contributed by atoms with E-state index in [0.717, 1.165) is 6.07 Å². The highest BCUT2D eigenvalue weighted by molar-refractivity contribution is 5.77. The van der Waals surface area contributed by atoms with Gasteiger partial charge in [0.1, 0.15) is 0 Å². The summed E-state index contributed by atoms with van der Waals surface area (Å²) in [5.41, 5.74) is 4.25. The van der Waals surface area contributed by atoms with E-state index in [1.54, 1.807) is 4.90 Å². The third-order valence-corrected chi connectivity index (χ3v) is 2.48. The lowest BCUT2D eigenvalue weighted by molar-refractivity contribution is -0.141. The maximum atomic E-state index is 12.4. The van der Waals surface area contributed by atoms with E-state index in [1.807, 2.05) is 13.8 Å². The van der Waals surface area contributed by atoms with Gasteiger partial charge in [-0.2, -0.15) is 13.2 Å². The number of aromatic nitrogens is 2. The molecule has 0 spiro atoms. The zero-order chi connectivity index (χ0) is 14.6. The molecule has 0 saturated heterocycles. The van der Waals surface area contributed by atoms with Gasteiger partial charge in [-0.25, -0.2) is 0 Å². The first-order valence-electron chi connectivity index (χ1n) is 5.72. The fraction of sp³-hybridized carbons (Fsp3) is 0.545. The fourth-order valence-electron chi connectivity index (χ4n) is 1.51. The van der Waals surface area contributed by atoms with Crippen molar-refractivity contribution in [1.82, 2.24) is 10.2 Å². The van der Waals surface area contributed by atoms with Crippen molar-refractivity contribution in [3.8, 4) is 0 Å². The third kappa shape index (κ3) is 4.38. The number of hydrogen-bond acceptors (Lipinski definition) is 4. The molecule has 106 valence electrons. The minimum Gasteiger partial charge on any atom is -0.388 e. The van der Waals surface area contributed by atoms with Crippen LogP contribution in [-0.4, -0.2) is 28.6 Å². The van der Waals surface area contributed by atoms with Gasteiger partial charge in [0.2, 0.25) is 0 Å². The summed E-state index contributed by atoms with van der Waals surface area (Å²) in [6.45, 7) is 4.16. The van der Waals surface area contributed by atoms with Crippen LogP contribution in [0.25, 0.3) is 0 Å². The summed E-state index contributed by atoms with van der Waals surface area (Å²) in [4.78, 5) is 1.74. The van der Waals surface area contributed by atoms with Crippen molar-refractivity contribution in [3.63, 3.8) is 0 Å². The molecule has 1 rings (SSSR count). The highest BCUT2D eigenvalue weighted by Gasteiger charge is 2.33. The number of nitrogens with zero attached hydrogens (tertiary/aromatic N) is 3. The lowest BCUT2D eigenvalue weighted by atomic mass is 10.2. The zero-order valence-corrected chi connectivity index (χ0v) is 10.7. The molecule has 1 aromatic heterocycles. The monoisotopic (exact) mass is 275 g/mol. The topological polar surface area (TPSA) is 78.9 Å². The van der Waals surface area contributed by atoms with Gasteiger partial charge in [0.15, 0.2) is 11.5 Å². The van der Waals surface area contributed by atoms with E-state index in [-0.39, 0.29) is 11.9 Å². The van der Waals surface area contributed by atoms with E-state index in [2.05, 4.69) is 10.2 Å². The summed E-state index contributed by atoms with van der Waals surface area (Å²) in [6.07, 6.45) is -4.17. The zero-order valence-electron chi connectivity index (χ0n) is 10.7. The quantitative estimate of drug-likeness (QED) is 0.636. The first kappa shape index (κ1) is 15.2. The maximum Gasteiger partial charge on any atom is 0.435 e. The Balaban J connectivity index is 2.88. The molecule has 1 aromatic rings. The molecule has 0 bridgehead atoms. The van der Waals surface area contributed by atoms with E-state index in [9.17, 15) is 13.2 Å². The fourth-order valence-corrected chi connectivity index (χ4v) is 1.51. The van der Waals surface area contributed by atoms with E-state index in [1.165, 1.54) is 6.07 Å². The van der Waals surface area contributed by atoms with Gasteiger partial charge in [0.05, 0.1) is 5.84 Å². The molecule has 0 aromatic carbocycles. The average molecular weight is 275 g/mol. The van der Waals surface area contributed by atoms with E-state index < -0.39 is 11.9 Å². The molecular formula is C11H16F3N5. The number of anilines is 1. The first-order chi connectivity index (χ1) is 8.71. The molecule has 1 heterocycles. The summed E-state index contributed by atoms with van der Waals surface area (Å²) >= 11 is 0. The van der Waals surface area contributed by atoms with Gasteiger partial charge in [0.25, 0.3) is 0 Å². The molecule has 19 heavy (non-hydrogen) atoms. The highest BCUT2D eigenvalue weighted by atomic mass is 19.4. The second kappa shape index (κ2) is 5.85. The number of hydrogen-bond donors (Lipinski definition) is 2. The summed E-state index contributed by atoms with van der Waals surface area (Å²) in [5.74, 6) is 0.356. The van der Waals surface area contributed by atoms with Crippen LogP contribution < -0.4 is 10.6 Å². The third-order valence-electron chi connectivity index (χ3n) is 2.48. The molecule has 0 aliphatic rings. The van der Waals surface area contributed by atoms with Crippen molar-refractivity contribution in [2.24, 2.45) is 5.73 Å². The standard InChI is InChI=1S/C11H16F3N5/c1-7(2)19(6-5-9(15)16)10-4-3-8(17-18-10)11(12,13)14/h3-4,7H,5-6H2,1-2H3,(H3,15,16). The SMILES string of the molecule is CC(C)N(CCC(=N)N)c1ccc(C(F)(F)F)nn1. The molecule has 0 aliphatic carbocycles. The largest absolute Gasteiger partial charge is 0.435 e. The minimum atomic E-state index is -4.49. The molecule has 0 aliphatic heterocycles. The minimum absolute atomic E-state index is 0.0189. The van der Waals surface area contributed by atoms with Crippen LogP contribution in [0.4, 0.5) is 19.0 Å². The summed E-state index contributed by atoms with van der Waals surface area (Å²) in [6, 6.07) is 2.19. The highest BCUT2D eigenvalue weighted by Crippen LogP contribution is 2.27. The summed E-state index contributed by atoms with van der Waals surface area (Å²) in [5, 5.41) is 13.9. The van der Waals surface area contributed by atoms with E-state index in [0.29, 0.717) is 18.8 Å². The van der Waals surface area contributed by atoms with Crippen molar-refractivity contribution in [1.29, 1.82) is 5.41 Å². The molecular weight excluding hydrogens is 259 g/mol. The van der Waals surface area contributed by atoms with Crippen molar-refractivity contribution < 1.29 is 13.2 Å². The average Bonchev–Trinajstić information content (AvgIpc) is 2.27. The van der Waals surface area contributed by atoms with Crippen LogP contribution in [0.2, 0.25) is 0 Å². The molecule has 3 N–H and O–H groups in total. The maximum absolute atomic E-state index is 12.4. The van der Waals surface area contributed by atoms with Crippen LogP contribution in [0.15, 0.2) is 12.1 Å². The van der Waals surface area contributed by atoms with Gasteiger partial charge in [-0.1, -0.05) is 0 Å². The number of alkyl halides is 3. The van der Waals surface area contributed by atoms with Gasteiger partial charge >= 0.3 is 6.18 Å². The molecule has 0 fully saturated rings. The smallest absolute Gasteiger partial charge is 0.388 e. The Kier molecular flexibility index (Phi) is 4.68. The predicted octanol–water partition coefficient (Wildman–Crippen LogP) is 2.04. The van der Waals surface area contributed by atoms with Crippen LogP contribution in [0.5, 0.6) is 0 Å². The van der Waals surface area contributed by atoms with Gasteiger partial charge in [-0.15, -0.1) is 10.2 Å². The molecule has 8 heteroatoms. The predicted molar refractivity (Wildman–Crippen MR) is 66.0 cm³/mol. The molecule has 0 amide bonds.